The van der Waals surface area contributed by atoms with Crippen LogP contribution >= 0.6 is 11.6 Å². The molecule has 1 aromatic heterocycles. The quantitative estimate of drug-likeness (QED) is 0.362. The maximum atomic E-state index is 14.7. The normalized spacial score (nSPS) is 11.3. The van der Waals surface area contributed by atoms with E-state index in [1.165, 1.54) is 44.6 Å². The smallest absolute Gasteiger partial charge is 0.262 e. The van der Waals surface area contributed by atoms with Gasteiger partial charge in [0, 0.05) is 28.7 Å². The summed E-state index contributed by atoms with van der Waals surface area (Å²) in [5.41, 5.74) is 0.366. The zero-order valence-electron chi connectivity index (χ0n) is 17.5. The number of pyridine rings is 1. The van der Waals surface area contributed by atoms with Gasteiger partial charge >= 0.3 is 0 Å². The van der Waals surface area contributed by atoms with Gasteiger partial charge in [0.2, 0.25) is 0 Å². The van der Waals surface area contributed by atoms with E-state index in [1.54, 1.807) is 30.5 Å². The minimum Gasteiger partial charge on any atom is -0.493 e. The maximum Gasteiger partial charge on any atom is 0.262 e. The highest BCUT2D eigenvalue weighted by Crippen LogP contribution is 2.37. The van der Waals surface area contributed by atoms with Gasteiger partial charge in [-0.2, -0.15) is 0 Å². The second kappa shape index (κ2) is 9.13. The first-order valence-corrected chi connectivity index (χ1v) is 11.4. The predicted molar refractivity (Wildman–Crippen MR) is 124 cm³/mol. The molecular formula is C23H18ClFN2O5S. The molecule has 170 valence electrons. The van der Waals surface area contributed by atoms with Crippen molar-refractivity contribution in [1.82, 2.24) is 4.98 Å². The first-order chi connectivity index (χ1) is 15.8. The molecule has 0 radical (unpaired) electrons. The van der Waals surface area contributed by atoms with Gasteiger partial charge in [-0.25, -0.2) is 12.8 Å². The van der Waals surface area contributed by atoms with Gasteiger partial charge in [-0.3, -0.25) is 9.71 Å². The number of rotatable bonds is 7. The third-order valence-corrected chi connectivity index (χ3v) is 6.32. The summed E-state index contributed by atoms with van der Waals surface area (Å²) in [4.78, 5) is 4.22. The number of hydrogen-bond acceptors (Lipinski definition) is 6. The van der Waals surface area contributed by atoms with Crippen LogP contribution in [-0.2, 0) is 10.0 Å². The average molecular weight is 489 g/mol. The van der Waals surface area contributed by atoms with Crippen LogP contribution in [0.2, 0.25) is 5.02 Å². The number of hydrogen-bond donors (Lipinski definition) is 1. The van der Waals surface area contributed by atoms with Crippen molar-refractivity contribution < 1.29 is 27.0 Å². The largest absolute Gasteiger partial charge is 0.493 e. The number of nitrogens with one attached hydrogen (secondary N) is 1. The van der Waals surface area contributed by atoms with Gasteiger partial charge < -0.3 is 14.2 Å². The van der Waals surface area contributed by atoms with Gasteiger partial charge in [0.15, 0.2) is 17.3 Å². The van der Waals surface area contributed by atoms with E-state index in [0.717, 1.165) is 6.07 Å². The molecule has 0 spiro atoms. The van der Waals surface area contributed by atoms with E-state index < -0.39 is 15.8 Å². The molecule has 0 aliphatic rings. The second-order valence-corrected chi connectivity index (χ2v) is 8.96. The Bertz CT molecular complexity index is 1450. The van der Waals surface area contributed by atoms with E-state index in [1.807, 2.05) is 0 Å². The van der Waals surface area contributed by atoms with E-state index in [2.05, 4.69) is 9.71 Å². The minimum absolute atomic E-state index is 0.0812. The molecule has 0 saturated carbocycles. The van der Waals surface area contributed by atoms with Gasteiger partial charge in [0.25, 0.3) is 10.0 Å². The van der Waals surface area contributed by atoms with Crippen molar-refractivity contribution in [2.75, 3.05) is 18.9 Å². The van der Waals surface area contributed by atoms with Crippen molar-refractivity contribution in [2.24, 2.45) is 0 Å². The fourth-order valence-electron chi connectivity index (χ4n) is 3.14. The maximum absolute atomic E-state index is 14.7. The van der Waals surface area contributed by atoms with Crippen molar-refractivity contribution in [3.8, 4) is 23.0 Å². The molecule has 0 fully saturated rings. The third-order valence-electron chi connectivity index (χ3n) is 4.73. The summed E-state index contributed by atoms with van der Waals surface area (Å²) < 4.78 is 58.5. The van der Waals surface area contributed by atoms with Crippen molar-refractivity contribution in [2.45, 2.75) is 4.90 Å². The lowest BCUT2D eigenvalue weighted by Gasteiger charge is -2.13. The Morgan fingerprint density at radius 2 is 1.70 bits per heavy atom. The Balaban J connectivity index is 1.62. The summed E-state index contributed by atoms with van der Waals surface area (Å²) in [5, 5.41) is 0.877. The molecular weight excluding hydrogens is 471 g/mol. The number of halogens is 2. The molecule has 0 unspecified atom stereocenters. The molecule has 0 bridgehead atoms. The SMILES string of the molecule is COc1cc2nccc(Oc3ccc(NS(=O)(=O)c4cccc(Cl)c4)c(F)c3)c2cc1OC. The van der Waals surface area contributed by atoms with Crippen molar-refractivity contribution in [3.05, 3.63) is 77.7 Å². The predicted octanol–water partition coefficient (Wildman–Crippen LogP) is 5.64. The number of fused-ring (bicyclic) bond motifs is 1. The Morgan fingerprint density at radius 3 is 2.39 bits per heavy atom. The highest BCUT2D eigenvalue weighted by molar-refractivity contribution is 7.92. The first-order valence-electron chi connectivity index (χ1n) is 9.57. The molecule has 7 nitrogen and oxygen atoms in total. The summed E-state index contributed by atoms with van der Waals surface area (Å²) in [6.07, 6.45) is 1.55. The van der Waals surface area contributed by atoms with Crippen LogP contribution in [0.15, 0.2) is 71.8 Å². The molecule has 4 aromatic rings. The number of sulfonamides is 1. The zero-order chi connectivity index (χ0) is 23.6. The Kier molecular flexibility index (Phi) is 6.26. The van der Waals surface area contributed by atoms with E-state index in [4.69, 9.17) is 25.8 Å². The molecule has 0 atom stereocenters. The number of ether oxygens (including phenoxy) is 3. The standard InChI is InChI=1S/C23H18ClFN2O5S/c1-30-22-12-17-20(13-23(22)31-2)26-9-8-21(17)32-15-6-7-19(18(25)11-15)27-33(28,29)16-5-3-4-14(24)10-16/h3-13,27H,1-2H3. The highest BCUT2D eigenvalue weighted by Gasteiger charge is 2.18. The summed E-state index contributed by atoms with van der Waals surface area (Å²) in [5.74, 6) is 0.764. The topological polar surface area (TPSA) is 86.8 Å². The molecule has 4 rings (SSSR count). The number of benzene rings is 3. The van der Waals surface area contributed by atoms with Crippen LogP contribution in [-0.4, -0.2) is 27.6 Å². The van der Waals surface area contributed by atoms with Crippen LogP contribution in [0, 0.1) is 5.82 Å². The Labute approximate surface area is 194 Å². The molecule has 1 heterocycles. The summed E-state index contributed by atoms with van der Waals surface area (Å²) >= 11 is 5.86. The first kappa shape index (κ1) is 22.6. The van der Waals surface area contributed by atoms with E-state index in [-0.39, 0.29) is 21.4 Å². The minimum atomic E-state index is -4.02. The molecule has 33 heavy (non-hydrogen) atoms. The van der Waals surface area contributed by atoms with Gasteiger partial charge in [0.1, 0.15) is 11.5 Å². The Morgan fingerprint density at radius 1 is 0.939 bits per heavy atom. The monoisotopic (exact) mass is 488 g/mol. The van der Waals surface area contributed by atoms with Crippen LogP contribution < -0.4 is 18.9 Å². The van der Waals surface area contributed by atoms with Crippen LogP contribution in [0.3, 0.4) is 0 Å². The van der Waals surface area contributed by atoms with Crippen LogP contribution in [0.1, 0.15) is 0 Å². The highest BCUT2D eigenvalue weighted by atomic mass is 35.5. The van der Waals surface area contributed by atoms with Gasteiger partial charge in [-0.15, -0.1) is 0 Å². The average Bonchev–Trinajstić information content (AvgIpc) is 2.80. The molecule has 0 amide bonds. The number of nitrogens with zero attached hydrogens (tertiary/aromatic N) is 1. The molecule has 1 N–H and O–H groups in total. The number of aromatic nitrogens is 1. The van der Waals surface area contributed by atoms with Crippen LogP contribution in [0.4, 0.5) is 10.1 Å². The van der Waals surface area contributed by atoms with Crippen molar-refractivity contribution >= 4 is 38.2 Å². The third kappa shape index (κ3) is 4.79. The van der Waals surface area contributed by atoms with Gasteiger partial charge in [-0.1, -0.05) is 17.7 Å². The zero-order valence-corrected chi connectivity index (χ0v) is 19.1. The second-order valence-electron chi connectivity index (χ2n) is 6.84. The van der Waals surface area contributed by atoms with E-state index >= 15 is 0 Å². The number of methoxy groups -OCH3 is 2. The molecule has 3 aromatic carbocycles. The van der Waals surface area contributed by atoms with E-state index in [0.29, 0.717) is 28.2 Å². The summed E-state index contributed by atoms with van der Waals surface area (Å²) in [7, 11) is -0.987. The summed E-state index contributed by atoms with van der Waals surface area (Å²) in [6.45, 7) is 0. The summed E-state index contributed by atoms with van der Waals surface area (Å²) in [6, 6.07) is 14.5. The van der Waals surface area contributed by atoms with Gasteiger partial charge in [0.05, 0.1) is 30.3 Å². The molecule has 0 saturated heterocycles. The fourth-order valence-corrected chi connectivity index (χ4v) is 4.51. The lowest BCUT2D eigenvalue weighted by molar-refractivity contribution is 0.355. The van der Waals surface area contributed by atoms with Crippen molar-refractivity contribution in [1.29, 1.82) is 0 Å². The van der Waals surface area contributed by atoms with Crippen LogP contribution in [0.25, 0.3) is 10.9 Å². The van der Waals surface area contributed by atoms with Gasteiger partial charge in [-0.05, 0) is 42.5 Å². The van der Waals surface area contributed by atoms with E-state index in [9.17, 15) is 12.8 Å². The Hall–Kier alpha value is -3.56. The lowest BCUT2D eigenvalue weighted by atomic mass is 10.2. The number of anilines is 1. The lowest BCUT2D eigenvalue weighted by Crippen LogP contribution is -2.14. The molecule has 10 heteroatoms. The fraction of sp³-hybridized carbons (Fsp3) is 0.0870. The molecule has 0 aliphatic heterocycles. The van der Waals surface area contributed by atoms with Crippen LogP contribution in [0.5, 0.6) is 23.0 Å². The van der Waals surface area contributed by atoms with Crippen molar-refractivity contribution in [3.63, 3.8) is 0 Å². The molecule has 0 aliphatic carbocycles.